The van der Waals surface area contributed by atoms with Crippen LogP contribution in [0.25, 0.3) is 11.0 Å². The summed E-state index contributed by atoms with van der Waals surface area (Å²) in [6.07, 6.45) is 1.85. The minimum absolute atomic E-state index is 0.0218. The Bertz CT molecular complexity index is 1370. The maximum absolute atomic E-state index is 13.6. The number of benzene rings is 2. The molecule has 1 atom stereocenters. The van der Waals surface area contributed by atoms with Crippen LogP contribution in [0.1, 0.15) is 44.4 Å². The molecule has 0 saturated carbocycles. The minimum Gasteiger partial charge on any atom is -0.334 e. The number of aromatic nitrogens is 4. The standard InChI is InChI=1S/C27H29N5O2S/c1-27(2,3)32-24-22(15-28-32)25(34)31-21(18-35-26(31)29-24)14-23(33)30(16-19-10-6-4-7-11-19)17-20-12-8-5-9-13-20/h4-13,15,21H,14,16-18H2,1-3H3. The lowest BCUT2D eigenvalue weighted by Gasteiger charge is -2.25. The van der Waals surface area contributed by atoms with Crippen molar-refractivity contribution in [2.75, 3.05) is 5.75 Å². The lowest BCUT2D eigenvalue weighted by molar-refractivity contribution is -0.133. The van der Waals surface area contributed by atoms with Crippen LogP contribution in [0.2, 0.25) is 0 Å². The number of fused-ring (bicyclic) bond motifs is 2. The van der Waals surface area contributed by atoms with Crippen LogP contribution in [0.4, 0.5) is 0 Å². The smallest absolute Gasteiger partial charge is 0.265 e. The van der Waals surface area contributed by atoms with E-state index >= 15 is 0 Å². The van der Waals surface area contributed by atoms with Gasteiger partial charge in [0.2, 0.25) is 5.91 Å². The van der Waals surface area contributed by atoms with E-state index in [1.165, 1.54) is 11.8 Å². The number of nitrogens with zero attached hydrogens (tertiary/aromatic N) is 5. The number of thioether (sulfide) groups is 1. The van der Waals surface area contributed by atoms with Crippen molar-refractivity contribution < 1.29 is 4.79 Å². The van der Waals surface area contributed by atoms with Crippen LogP contribution in [-0.2, 0) is 23.4 Å². The van der Waals surface area contributed by atoms with Gasteiger partial charge in [0.1, 0.15) is 5.39 Å². The van der Waals surface area contributed by atoms with E-state index in [0.29, 0.717) is 35.0 Å². The lowest BCUT2D eigenvalue weighted by Crippen LogP contribution is -2.34. The molecule has 0 fully saturated rings. The van der Waals surface area contributed by atoms with Crippen LogP contribution >= 0.6 is 11.8 Å². The van der Waals surface area contributed by atoms with Gasteiger partial charge in [-0.3, -0.25) is 14.2 Å². The van der Waals surface area contributed by atoms with Crippen molar-refractivity contribution >= 4 is 28.7 Å². The molecule has 2 aromatic carbocycles. The van der Waals surface area contributed by atoms with E-state index in [2.05, 4.69) is 5.10 Å². The van der Waals surface area contributed by atoms with Crippen molar-refractivity contribution in [2.45, 2.75) is 57.0 Å². The Labute approximate surface area is 208 Å². The molecule has 0 saturated heterocycles. The largest absolute Gasteiger partial charge is 0.334 e. The van der Waals surface area contributed by atoms with Crippen molar-refractivity contribution in [3.63, 3.8) is 0 Å². The van der Waals surface area contributed by atoms with Crippen molar-refractivity contribution in [1.82, 2.24) is 24.2 Å². The maximum atomic E-state index is 13.6. The third kappa shape index (κ3) is 4.75. The molecular weight excluding hydrogens is 458 g/mol. The molecule has 8 heteroatoms. The zero-order valence-corrected chi connectivity index (χ0v) is 21.0. The second-order valence-corrected chi connectivity index (χ2v) is 10.9. The van der Waals surface area contributed by atoms with E-state index in [-0.39, 0.29) is 29.5 Å². The van der Waals surface area contributed by atoms with E-state index in [9.17, 15) is 9.59 Å². The third-order valence-corrected chi connectivity index (χ3v) is 7.30. The topological polar surface area (TPSA) is 73.0 Å². The normalized spacial score (nSPS) is 15.3. The molecule has 35 heavy (non-hydrogen) atoms. The Morgan fingerprint density at radius 1 is 1.03 bits per heavy atom. The van der Waals surface area contributed by atoms with E-state index in [1.54, 1.807) is 15.4 Å². The van der Waals surface area contributed by atoms with E-state index in [0.717, 1.165) is 11.1 Å². The van der Waals surface area contributed by atoms with Crippen molar-refractivity contribution in [3.05, 3.63) is 88.3 Å². The number of hydrogen-bond acceptors (Lipinski definition) is 5. The zero-order valence-electron chi connectivity index (χ0n) is 20.2. The molecule has 1 amide bonds. The van der Waals surface area contributed by atoms with Crippen LogP contribution < -0.4 is 5.56 Å². The van der Waals surface area contributed by atoms with E-state index < -0.39 is 0 Å². The molecule has 0 bridgehead atoms. The summed E-state index contributed by atoms with van der Waals surface area (Å²) in [6, 6.07) is 19.8. The van der Waals surface area contributed by atoms with Crippen molar-refractivity contribution in [1.29, 1.82) is 0 Å². The number of amides is 1. The fourth-order valence-electron chi connectivity index (χ4n) is 4.44. The lowest BCUT2D eigenvalue weighted by atomic mass is 10.1. The average molecular weight is 488 g/mol. The second kappa shape index (κ2) is 9.34. The first-order chi connectivity index (χ1) is 16.8. The van der Waals surface area contributed by atoms with Crippen LogP contribution in [0.3, 0.4) is 0 Å². The Balaban J connectivity index is 1.43. The van der Waals surface area contributed by atoms with E-state index in [4.69, 9.17) is 4.98 Å². The quantitative estimate of drug-likeness (QED) is 0.371. The molecule has 0 aliphatic carbocycles. The third-order valence-electron chi connectivity index (χ3n) is 6.20. The van der Waals surface area contributed by atoms with Crippen molar-refractivity contribution in [2.24, 2.45) is 0 Å². The van der Waals surface area contributed by atoms with Gasteiger partial charge in [-0.15, -0.1) is 0 Å². The van der Waals surface area contributed by atoms with Crippen LogP contribution in [0.5, 0.6) is 0 Å². The number of hydrogen-bond donors (Lipinski definition) is 0. The van der Waals surface area contributed by atoms with Gasteiger partial charge < -0.3 is 4.90 Å². The highest BCUT2D eigenvalue weighted by Crippen LogP contribution is 2.34. The Kier molecular flexibility index (Phi) is 6.23. The van der Waals surface area contributed by atoms with Gasteiger partial charge in [0.05, 0.1) is 17.8 Å². The number of rotatable bonds is 6. The summed E-state index contributed by atoms with van der Waals surface area (Å²) in [4.78, 5) is 33.7. The van der Waals surface area contributed by atoms with Crippen molar-refractivity contribution in [3.8, 4) is 0 Å². The molecule has 1 unspecified atom stereocenters. The predicted molar refractivity (Wildman–Crippen MR) is 138 cm³/mol. The van der Waals surface area contributed by atoms with Gasteiger partial charge in [0.15, 0.2) is 10.8 Å². The van der Waals surface area contributed by atoms with E-state index in [1.807, 2.05) is 86.3 Å². The van der Waals surface area contributed by atoms with Gasteiger partial charge >= 0.3 is 0 Å². The fourth-order valence-corrected chi connectivity index (χ4v) is 5.57. The molecule has 180 valence electrons. The first-order valence-electron chi connectivity index (χ1n) is 11.8. The highest BCUT2D eigenvalue weighted by atomic mass is 32.2. The second-order valence-electron chi connectivity index (χ2n) is 9.92. The molecule has 7 nitrogen and oxygen atoms in total. The summed E-state index contributed by atoms with van der Waals surface area (Å²) in [5.41, 5.74) is 2.35. The van der Waals surface area contributed by atoms with Crippen LogP contribution in [0.15, 0.2) is 76.8 Å². The van der Waals surface area contributed by atoms with Gasteiger partial charge in [-0.05, 0) is 31.9 Å². The first-order valence-corrected chi connectivity index (χ1v) is 12.8. The molecule has 1 aliphatic heterocycles. The Hall–Kier alpha value is -3.39. The van der Waals surface area contributed by atoms with Gasteiger partial charge in [-0.25, -0.2) is 9.67 Å². The predicted octanol–water partition coefficient (Wildman–Crippen LogP) is 4.61. The van der Waals surface area contributed by atoms with Gasteiger partial charge in [0.25, 0.3) is 5.56 Å². The number of carbonyl (C=O) groups excluding carboxylic acids is 1. The minimum atomic E-state index is -0.284. The monoisotopic (exact) mass is 487 g/mol. The summed E-state index contributed by atoms with van der Waals surface area (Å²) in [5.74, 6) is 0.669. The van der Waals surface area contributed by atoms with Gasteiger partial charge in [0, 0.05) is 25.3 Å². The summed E-state index contributed by atoms with van der Waals surface area (Å²) >= 11 is 1.53. The fraction of sp³-hybridized carbons (Fsp3) is 0.333. The summed E-state index contributed by atoms with van der Waals surface area (Å²) in [6.45, 7) is 7.15. The molecule has 0 spiro atoms. The average Bonchev–Trinajstić information content (AvgIpc) is 3.45. The summed E-state index contributed by atoms with van der Waals surface area (Å²) < 4.78 is 3.49. The maximum Gasteiger partial charge on any atom is 0.265 e. The van der Waals surface area contributed by atoms with Gasteiger partial charge in [-0.1, -0.05) is 72.4 Å². The zero-order chi connectivity index (χ0) is 24.6. The molecular formula is C27H29N5O2S. The molecule has 1 aliphatic rings. The van der Waals surface area contributed by atoms with Crippen LogP contribution in [-0.4, -0.2) is 35.9 Å². The molecule has 4 aromatic rings. The molecule has 5 rings (SSSR count). The Morgan fingerprint density at radius 2 is 1.63 bits per heavy atom. The summed E-state index contributed by atoms with van der Waals surface area (Å²) in [7, 11) is 0. The molecule has 2 aromatic heterocycles. The first kappa shape index (κ1) is 23.4. The van der Waals surface area contributed by atoms with Crippen LogP contribution in [0, 0.1) is 0 Å². The summed E-state index contributed by atoms with van der Waals surface area (Å²) in [5, 5.41) is 5.58. The van der Waals surface area contributed by atoms with Gasteiger partial charge in [-0.2, -0.15) is 5.10 Å². The SMILES string of the molecule is CC(C)(C)n1ncc2c(=O)n3c(nc21)SCC3CC(=O)N(Cc1ccccc1)Cc1ccccc1. The molecule has 0 radical (unpaired) electrons. The number of carbonyl (C=O) groups is 1. The Morgan fingerprint density at radius 3 is 2.20 bits per heavy atom. The molecule has 3 heterocycles. The molecule has 0 N–H and O–H groups in total. The highest BCUT2D eigenvalue weighted by molar-refractivity contribution is 7.99. The highest BCUT2D eigenvalue weighted by Gasteiger charge is 2.32.